The van der Waals surface area contributed by atoms with Gasteiger partial charge in [0.25, 0.3) is 5.91 Å². The molecule has 1 atom stereocenters. The van der Waals surface area contributed by atoms with Gasteiger partial charge in [0.1, 0.15) is 11.4 Å². The maximum absolute atomic E-state index is 12.5. The first kappa shape index (κ1) is 16.0. The molecular weight excluding hydrogens is 308 g/mol. The molecule has 0 spiro atoms. The molecule has 0 radical (unpaired) electrons. The molecule has 0 saturated carbocycles. The van der Waals surface area contributed by atoms with Gasteiger partial charge in [-0.05, 0) is 42.3 Å². The third-order valence-corrected chi connectivity index (χ3v) is 4.08. The summed E-state index contributed by atoms with van der Waals surface area (Å²) in [4.78, 5) is 28.0. The first-order valence-corrected chi connectivity index (χ1v) is 7.85. The summed E-state index contributed by atoms with van der Waals surface area (Å²) in [5, 5.41) is 12.1. The Balaban J connectivity index is 1.82. The minimum atomic E-state index is -0.985. The van der Waals surface area contributed by atoms with Gasteiger partial charge in [0.05, 0.1) is 18.2 Å². The van der Waals surface area contributed by atoms with E-state index >= 15 is 0 Å². The highest BCUT2D eigenvalue weighted by atomic mass is 16.5. The van der Waals surface area contributed by atoms with Gasteiger partial charge in [-0.15, -0.1) is 0 Å². The number of amides is 1. The Morgan fingerprint density at radius 2 is 2.21 bits per heavy atom. The number of aryl methyl sites for hydroxylation is 1. The third-order valence-electron chi connectivity index (χ3n) is 4.08. The molecule has 0 bridgehead atoms. The van der Waals surface area contributed by atoms with Gasteiger partial charge in [0.15, 0.2) is 0 Å². The number of pyridine rings is 1. The number of hydrogen-bond acceptors (Lipinski definition) is 4. The van der Waals surface area contributed by atoms with E-state index in [-0.39, 0.29) is 17.5 Å². The number of aromatic nitrogens is 1. The van der Waals surface area contributed by atoms with E-state index in [2.05, 4.69) is 10.3 Å². The summed E-state index contributed by atoms with van der Waals surface area (Å²) in [6, 6.07) is 8.06. The summed E-state index contributed by atoms with van der Waals surface area (Å²) >= 11 is 0. The fourth-order valence-electron chi connectivity index (χ4n) is 2.83. The highest BCUT2D eigenvalue weighted by molar-refractivity contribution is 5.97. The second-order valence-electron chi connectivity index (χ2n) is 5.58. The summed E-state index contributed by atoms with van der Waals surface area (Å²) in [6.07, 6.45) is 2.86. The van der Waals surface area contributed by atoms with Crippen LogP contribution in [-0.2, 0) is 6.42 Å². The molecule has 2 heterocycles. The van der Waals surface area contributed by atoms with E-state index < -0.39 is 5.97 Å². The number of ether oxygens (including phenoxy) is 1. The van der Waals surface area contributed by atoms with Crippen molar-refractivity contribution in [2.45, 2.75) is 25.8 Å². The molecule has 124 valence electrons. The average molecular weight is 326 g/mol. The molecule has 0 aliphatic carbocycles. The number of carboxylic acid groups (broad SMARTS) is 1. The minimum Gasteiger partial charge on any atom is -0.491 e. The van der Waals surface area contributed by atoms with Crippen molar-refractivity contribution in [1.82, 2.24) is 10.3 Å². The number of nitrogens with one attached hydrogen (secondary N) is 1. The molecule has 1 amide bonds. The van der Waals surface area contributed by atoms with Crippen LogP contribution in [0.3, 0.4) is 0 Å². The van der Waals surface area contributed by atoms with E-state index in [0.29, 0.717) is 36.3 Å². The molecule has 0 fully saturated rings. The van der Waals surface area contributed by atoms with Crippen LogP contribution in [0.15, 0.2) is 36.5 Å². The predicted molar refractivity (Wildman–Crippen MR) is 87.3 cm³/mol. The van der Waals surface area contributed by atoms with Gasteiger partial charge in [-0.3, -0.25) is 9.78 Å². The zero-order chi connectivity index (χ0) is 17.1. The zero-order valence-corrected chi connectivity index (χ0v) is 13.3. The highest BCUT2D eigenvalue weighted by Crippen LogP contribution is 2.29. The summed E-state index contributed by atoms with van der Waals surface area (Å²) < 4.78 is 5.54. The van der Waals surface area contributed by atoms with Crippen molar-refractivity contribution in [2.24, 2.45) is 0 Å². The molecule has 3 rings (SSSR count). The van der Waals surface area contributed by atoms with Gasteiger partial charge in [-0.25, -0.2) is 4.79 Å². The molecule has 2 N–H and O–H groups in total. The molecule has 1 aliphatic rings. The molecule has 1 aromatic carbocycles. The Morgan fingerprint density at radius 1 is 1.38 bits per heavy atom. The van der Waals surface area contributed by atoms with Crippen LogP contribution in [-0.4, -0.2) is 28.6 Å². The van der Waals surface area contributed by atoms with Crippen molar-refractivity contribution in [1.29, 1.82) is 0 Å². The maximum Gasteiger partial charge on any atom is 0.335 e. The lowest BCUT2D eigenvalue weighted by molar-refractivity contribution is 0.0695. The van der Waals surface area contributed by atoms with Gasteiger partial charge in [-0.1, -0.05) is 6.92 Å². The number of aromatic carboxylic acids is 1. The van der Waals surface area contributed by atoms with Crippen molar-refractivity contribution in [3.05, 3.63) is 58.9 Å². The van der Waals surface area contributed by atoms with E-state index in [1.54, 1.807) is 18.3 Å². The Morgan fingerprint density at radius 3 is 2.96 bits per heavy atom. The van der Waals surface area contributed by atoms with Crippen LogP contribution in [0, 0.1) is 0 Å². The fraction of sp³-hybridized carbons (Fsp3) is 0.278. The SMILES string of the molecule is CCc1cc(C(=O)NC2CCOc3cccnc32)ccc1C(=O)O. The number of carbonyl (C=O) groups excluding carboxylic acids is 1. The Labute approximate surface area is 139 Å². The lowest BCUT2D eigenvalue weighted by atomic mass is 10.0. The molecule has 24 heavy (non-hydrogen) atoms. The van der Waals surface area contributed by atoms with Gasteiger partial charge >= 0.3 is 5.97 Å². The highest BCUT2D eigenvalue weighted by Gasteiger charge is 2.25. The topological polar surface area (TPSA) is 88.5 Å². The predicted octanol–water partition coefficient (Wildman–Crippen LogP) is 2.60. The average Bonchev–Trinajstić information content (AvgIpc) is 2.61. The molecule has 6 nitrogen and oxygen atoms in total. The van der Waals surface area contributed by atoms with E-state index in [1.165, 1.54) is 12.1 Å². The third kappa shape index (κ3) is 3.08. The molecule has 6 heteroatoms. The second kappa shape index (κ2) is 6.70. The number of hydrogen-bond donors (Lipinski definition) is 2. The Bertz CT molecular complexity index is 788. The zero-order valence-electron chi connectivity index (χ0n) is 13.3. The summed E-state index contributed by atoms with van der Waals surface area (Å²) in [7, 11) is 0. The van der Waals surface area contributed by atoms with Gasteiger partial charge in [0, 0.05) is 18.2 Å². The molecular formula is C18H18N2O4. The van der Waals surface area contributed by atoms with Crippen molar-refractivity contribution < 1.29 is 19.4 Å². The summed E-state index contributed by atoms with van der Waals surface area (Å²) in [5.41, 5.74) is 2.03. The number of carboxylic acids is 1. The number of rotatable bonds is 4. The van der Waals surface area contributed by atoms with Crippen molar-refractivity contribution >= 4 is 11.9 Å². The molecule has 1 unspecified atom stereocenters. The first-order chi connectivity index (χ1) is 11.6. The lowest BCUT2D eigenvalue weighted by Crippen LogP contribution is -2.33. The van der Waals surface area contributed by atoms with Gasteiger partial charge in [-0.2, -0.15) is 0 Å². The number of fused-ring (bicyclic) bond motifs is 1. The van der Waals surface area contributed by atoms with Crippen LogP contribution in [0.5, 0.6) is 5.75 Å². The van der Waals surface area contributed by atoms with E-state index in [1.807, 2.05) is 13.0 Å². The standard InChI is InChI=1S/C18H18N2O4/c1-2-11-10-12(5-6-13(11)18(22)23)17(21)20-14-7-9-24-15-4-3-8-19-16(14)15/h3-6,8,10,14H,2,7,9H2,1H3,(H,20,21)(H,22,23). The van der Waals surface area contributed by atoms with Crippen molar-refractivity contribution in [3.8, 4) is 5.75 Å². The van der Waals surface area contributed by atoms with E-state index in [4.69, 9.17) is 4.74 Å². The van der Waals surface area contributed by atoms with Crippen LogP contribution >= 0.6 is 0 Å². The molecule has 1 aliphatic heterocycles. The first-order valence-electron chi connectivity index (χ1n) is 7.85. The monoisotopic (exact) mass is 326 g/mol. The molecule has 1 aromatic heterocycles. The van der Waals surface area contributed by atoms with Crippen molar-refractivity contribution in [3.63, 3.8) is 0 Å². The van der Waals surface area contributed by atoms with Gasteiger partial charge in [0.2, 0.25) is 0 Å². The largest absolute Gasteiger partial charge is 0.491 e. The maximum atomic E-state index is 12.5. The van der Waals surface area contributed by atoms with Crippen molar-refractivity contribution in [2.75, 3.05) is 6.61 Å². The van der Waals surface area contributed by atoms with Crippen LogP contribution in [0.4, 0.5) is 0 Å². The summed E-state index contributed by atoms with van der Waals surface area (Å²) in [6.45, 7) is 2.38. The van der Waals surface area contributed by atoms with Crippen LogP contribution in [0.1, 0.15) is 51.4 Å². The number of benzene rings is 1. The second-order valence-corrected chi connectivity index (χ2v) is 5.58. The minimum absolute atomic E-state index is 0.216. The number of carbonyl (C=O) groups is 2. The number of nitrogens with zero attached hydrogens (tertiary/aromatic N) is 1. The normalized spacial score (nSPS) is 16.0. The fourth-order valence-corrected chi connectivity index (χ4v) is 2.83. The molecule has 2 aromatic rings. The van der Waals surface area contributed by atoms with E-state index in [0.717, 1.165) is 5.69 Å². The Hall–Kier alpha value is -2.89. The van der Waals surface area contributed by atoms with Gasteiger partial charge < -0.3 is 15.2 Å². The van der Waals surface area contributed by atoms with E-state index in [9.17, 15) is 14.7 Å². The quantitative estimate of drug-likeness (QED) is 0.901. The van der Waals surface area contributed by atoms with Crippen LogP contribution in [0.25, 0.3) is 0 Å². The summed E-state index contributed by atoms with van der Waals surface area (Å²) in [5.74, 6) is -0.545. The van der Waals surface area contributed by atoms with Crippen LogP contribution in [0.2, 0.25) is 0 Å². The lowest BCUT2D eigenvalue weighted by Gasteiger charge is -2.25. The Kier molecular flexibility index (Phi) is 4.46. The molecule has 0 saturated heterocycles. The smallest absolute Gasteiger partial charge is 0.335 e. The van der Waals surface area contributed by atoms with Crippen LogP contribution < -0.4 is 10.1 Å².